The molecule has 0 aliphatic heterocycles. The molecule has 4 heteroatoms. The van der Waals surface area contributed by atoms with Crippen molar-refractivity contribution in [1.82, 2.24) is 9.97 Å². The molecule has 1 N–H and O–H groups in total. The van der Waals surface area contributed by atoms with Crippen molar-refractivity contribution in [3.63, 3.8) is 0 Å². The van der Waals surface area contributed by atoms with Gasteiger partial charge in [0.1, 0.15) is 10.7 Å². The molecule has 0 saturated heterocycles. The van der Waals surface area contributed by atoms with Gasteiger partial charge in [0, 0.05) is 11.3 Å². The van der Waals surface area contributed by atoms with Gasteiger partial charge in [-0.3, -0.25) is 4.79 Å². The standard InChI is InChI=1S/C20H18N2OS/c1-3-15-12(2)24-20-18(15)19(23)21-17(22-20)11-14-9-6-8-13-7-4-5-10-16(13)14/h4-10H,3,11H2,1-2H3,(H,21,22,23). The van der Waals surface area contributed by atoms with Crippen LogP contribution in [0.5, 0.6) is 0 Å². The van der Waals surface area contributed by atoms with Crippen LogP contribution in [0, 0.1) is 6.92 Å². The topological polar surface area (TPSA) is 45.8 Å². The van der Waals surface area contributed by atoms with E-state index >= 15 is 0 Å². The Morgan fingerprint density at radius 3 is 2.75 bits per heavy atom. The third-order valence-electron chi connectivity index (χ3n) is 4.50. The molecular formula is C20H18N2OS. The quantitative estimate of drug-likeness (QED) is 0.595. The highest BCUT2D eigenvalue weighted by Gasteiger charge is 2.14. The molecule has 0 radical (unpaired) electrons. The Bertz CT molecular complexity index is 1100. The number of aryl methyl sites for hydroxylation is 2. The minimum absolute atomic E-state index is 0.0172. The highest BCUT2D eigenvalue weighted by molar-refractivity contribution is 7.18. The van der Waals surface area contributed by atoms with Crippen molar-refractivity contribution in [2.75, 3.05) is 0 Å². The molecule has 0 aliphatic carbocycles. The molecule has 2 aromatic heterocycles. The van der Waals surface area contributed by atoms with Crippen LogP contribution in [0.3, 0.4) is 0 Å². The third kappa shape index (κ3) is 2.43. The van der Waals surface area contributed by atoms with Crippen molar-refractivity contribution in [1.29, 1.82) is 0 Å². The van der Waals surface area contributed by atoms with E-state index in [0.29, 0.717) is 6.42 Å². The second kappa shape index (κ2) is 5.87. The number of nitrogens with zero attached hydrogens (tertiary/aromatic N) is 1. The normalized spacial score (nSPS) is 11.4. The van der Waals surface area contributed by atoms with Crippen LogP contribution in [-0.4, -0.2) is 9.97 Å². The molecule has 120 valence electrons. The summed E-state index contributed by atoms with van der Waals surface area (Å²) in [6.07, 6.45) is 1.49. The second-order valence-electron chi connectivity index (χ2n) is 6.00. The number of rotatable bonds is 3. The first-order valence-electron chi connectivity index (χ1n) is 8.15. The van der Waals surface area contributed by atoms with Crippen molar-refractivity contribution in [3.8, 4) is 0 Å². The van der Waals surface area contributed by atoms with E-state index in [4.69, 9.17) is 4.98 Å². The van der Waals surface area contributed by atoms with E-state index in [9.17, 15) is 4.79 Å². The smallest absolute Gasteiger partial charge is 0.259 e. The maximum Gasteiger partial charge on any atom is 0.259 e. The number of aromatic amines is 1. The highest BCUT2D eigenvalue weighted by Crippen LogP contribution is 2.28. The first-order valence-corrected chi connectivity index (χ1v) is 8.97. The summed E-state index contributed by atoms with van der Waals surface area (Å²) in [7, 11) is 0. The van der Waals surface area contributed by atoms with Crippen molar-refractivity contribution < 1.29 is 0 Å². The number of thiophene rings is 1. The average Bonchev–Trinajstić information content (AvgIpc) is 2.91. The maximum atomic E-state index is 12.6. The van der Waals surface area contributed by atoms with Crippen LogP contribution >= 0.6 is 11.3 Å². The van der Waals surface area contributed by atoms with Gasteiger partial charge in [0.2, 0.25) is 0 Å². The predicted molar refractivity (Wildman–Crippen MR) is 101 cm³/mol. The molecule has 0 spiro atoms. The van der Waals surface area contributed by atoms with Crippen molar-refractivity contribution in [2.45, 2.75) is 26.7 Å². The molecule has 0 saturated carbocycles. The summed E-state index contributed by atoms with van der Waals surface area (Å²) in [5.41, 5.74) is 2.29. The van der Waals surface area contributed by atoms with Gasteiger partial charge in [0.15, 0.2) is 0 Å². The van der Waals surface area contributed by atoms with Crippen LogP contribution in [0.25, 0.3) is 21.0 Å². The fourth-order valence-electron chi connectivity index (χ4n) is 3.36. The Balaban J connectivity index is 1.84. The van der Waals surface area contributed by atoms with Crippen LogP contribution < -0.4 is 5.56 Å². The lowest BCUT2D eigenvalue weighted by Gasteiger charge is -2.06. The van der Waals surface area contributed by atoms with Crippen LogP contribution in [0.4, 0.5) is 0 Å². The summed E-state index contributed by atoms with van der Waals surface area (Å²) in [5.74, 6) is 0.729. The van der Waals surface area contributed by atoms with E-state index in [-0.39, 0.29) is 5.56 Å². The SMILES string of the molecule is CCc1c(C)sc2nc(Cc3cccc4ccccc34)[nH]c(=O)c12. The summed E-state index contributed by atoms with van der Waals surface area (Å²) < 4.78 is 0. The van der Waals surface area contributed by atoms with Crippen LogP contribution in [-0.2, 0) is 12.8 Å². The Morgan fingerprint density at radius 2 is 1.92 bits per heavy atom. The first kappa shape index (κ1) is 15.1. The molecule has 0 bridgehead atoms. The summed E-state index contributed by atoms with van der Waals surface area (Å²) in [6.45, 7) is 4.15. The van der Waals surface area contributed by atoms with Gasteiger partial charge in [-0.05, 0) is 35.2 Å². The molecule has 0 atom stereocenters. The zero-order chi connectivity index (χ0) is 16.7. The number of aromatic nitrogens is 2. The van der Waals surface area contributed by atoms with Gasteiger partial charge in [0.25, 0.3) is 5.56 Å². The molecular weight excluding hydrogens is 316 g/mol. The molecule has 4 rings (SSSR count). The van der Waals surface area contributed by atoms with Crippen LogP contribution in [0.15, 0.2) is 47.3 Å². The minimum Gasteiger partial charge on any atom is -0.310 e. The number of nitrogens with one attached hydrogen (secondary N) is 1. The summed E-state index contributed by atoms with van der Waals surface area (Å²) >= 11 is 1.61. The van der Waals surface area contributed by atoms with Crippen molar-refractivity contribution >= 4 is 32.3 Å². The van der Waals surface area contributed by atoms with E-state index < -0.39 is 0 Å². The third-order valence-corrected chi connectivity index (χ3v) is 5.54. The fraction of sp³-hybridized carbons (Fsp3) is 0.200. The minimum atomic E-state index is -0.0172. The van der Waals surface area contributed by atoms with Gasteiger partial charge in [0.05, 0.1) is 5.39 Å². The van der Waals surface area contributed by atoms with Gasteiger partial charge in [-0.1, -0.05) is 49.4 Å². The molecule has 4 aromatic rings. The van der Waals surface area contributed by atoms with Gasteiger partial charge >= 0.3 is 0 Å². The Morgan fingerprint density at radius 1 is 1.12 bits per heavy atom. The van der Waals surface area contributed by atoms with Gasteiger partial charge in [-0.25, -0.2) is 4.98 Å². The molecule has 24 heavy (non-hydrogen) atoms. The molecule has 0 fully saturated rings. The molecule has 3 nitrogen and oxygen atoms in total. The van der Waals surface area contributed by atoms with Gasteiger partial charge in [-0.2, -0.15) is 0 Å². The van der Waals surface area contributed by atoms with Gasteiger partial charge in [-0.15, -0.1) is 11.3 Å². The van der Waals surface area contributed by atoms with E-state index in [1.165, 1.54) is 21.2 Å². The molecule has 0 aliphatic rings. The van der Waals surface area contributed by atoms with E-state index in [1.54, 1.807) is 11.3 Å². The number of hydrogen-bond donors (Lipinski definition) is 1. The number of H-pyrrole nitrogens is 1. The number of hydrogen-bond acceptors (Lipinski definition) is 3. The largest absolute Gasteiger partial charge is 0.310 e. The van der Waals surface area contributed by atoms with Crippen molar-refractivity contribution in [2.24, 2.45) is 0 Å². The average molecular weight is 334 g/mol. The molecule has 0 amide bonds. The van der Waals surface area contributed by atoms with Crippen LogP contribution in [0.2, 0.25) is 0 Å². The van der Waals surface area contributed by atoms with Crippen LogP contribution in [0.1, 0.15) is 28.8 Å². The Kier molecular flexibility index (Phi) is 3.69. The Hall–Kier alpha value is -2.46. The van der Waals surface area contributed by atoms with E-state index in [0.717, 1.165) is 28.0 Å². The fourth-order valence-corrected chi connectivity index (χ4v) is 4.49. The Labute approximate surface area is 144 Å². The number of benzene rings is 2. The maximum absolute atomic E-state index is 12.6. The summed E-state index contributed by atoms with van der Waals surface area (Å²) in [4.78, 5) is 22.3. The zero-order valence-corrected chi connectivity index (χ0v) is 14.5. The van der Waals surface area contributed by atoms with Gasteiger partial charge < -0.3 is 4.98 Å². The lowest BCUT2D eigenvalue weighted by Crippen LogP contribution is -2.12. The first-order chi connectivity index (χ1) is 11.7. The molecule has 0 unspecified atom stereocenters. The molecule has 2 aromatic carbocycles. The lowest BCUT2D eigenvalue weighted by molar-refractivity contribution is 0.980. The number of fused-ring (bicyclic) bond motifs is 2. The second-order valence-corrected chi connectivity index (χ2v) is 7.20. The lowest BCUT2D eigenvalue weighted by atomic mass is 10.0. The molecule has 2 heterocycles. The van der Waals surface area contributed by atoms with E-state index in [2.05, 4.69) is 49.2 Å². The predicted octanol–water partition coefficient (Wildman–Crippen LogP) is 4.60. The summed E-state index contributed by atoms with van der Waals surface area (Å²) in [6, 6.07) is 14.6. The monoisotopic (exact) mass is 334 g/mol. The highest BCUT2D eigenvalue weighted by atomic mass is 32.1. The summed E-state index contributed by atoms with van der Waals surface area (Å²) in [5, 5.41) is 3.18. The van der Waals surface area contributed by atoms with E-state index in [1.807, 2.05) is 12.1 Å². The van der Waals surface area contributed by atoms with Crippen molar-refractivity contribution in [3.05, 3.63) is 74.6 Å². The zero-order valence-electron chi connectivity index (χ0n) is 13.7.